The smallest absolute Gasteiger partial charge is 0.305 e. The van der Waals surface area contributed by atoms with E-state index in [9.17, 15) is 4.79 Å². The number of rotatable bonds is 10. The van der Waals surface area contributed by atoms with Gasteiger partial charge >= 0.3 is 5.97 Å². The number of carbonyl (C=O) groups excluding carboxylic acids is 1. The number of guanidine groups is 1. The maximum atomic E-state index is 11.2. The van der Waals surface area contributed by atoms with E-state index < -0.39 is 0 Å². The van der Waals surface area contributed by atoms with Crippen molar-refractivity contribution in [2.24, 2.45) is 4.99 Å². The zero-order chi connectivity index (χ0) is 20.4. The fourth-order valence-corrected chi connectivity index (χ4v) is 3.10. The van der Waals surface area contributed by atoms with Gasteiger partial charge in [-0.05, 0) is 45.7 Å². The van der Waals surface area contributed by atoms with Gasteiger partial charge in [0.25, 0.3) is 0 Å². The van der Waals surface area contributed by atoms with E-state index in [0.29, 0.717) is 19.6 Å². The summed E-state index contributed by atoms with van der Waals surface area (Å²) in [5.74, 6) is 2.38. The van der Waals surface area contributed by atoms with E-state index in [2.05, 4.69) is 33.4 Å². The van der Waals surface area contributed by atoms with Gasteiger partial charge in [0.05, 0.1) is 20.3 Å². The number of esters is 1. The molecule has 7 nitrogen and oxygen atoms in total. The van der Waals surface area contributed by atoms with Crippen LogP contribution in [-0.4, -0.2) is 44.8 Å². The van der Waals surface area contributed by atoms with Crippen LogP contribution in [0.25, 0.3) is 0 Å². The second-order valence-corrected chi connectivity index (χ2v) is 6.79. The van der Waals surface area contributed by atoms with Crippen LogP contribution in [0.4, 0.5) is 0 Å². The van der Waals surface area contributed by atoms with Crippen molar-refractivity contribution in [2.75, 3.05) is 26.8 Å². The van der Waals surface area contributed by atoms with Crippen LogP contribution in [0, 0.1) is 0 Å². The van der Waals surface area contributed by atoms with Crippen LogP contribution >= 0.6 is 24.0 Å². The lowest BCUT2D eigenvalue weighted by Crippen LogP contribution is -2.37. The SMILES string of the molecule is CCNC(=NCc1cc2c(cc1OCC)CC(C)O2)NCCCCC(=O)OC.I. The summed E-state index contributed by atoms with van der Waals surface area (Å²) in [5, 5.41) is 6.56. The molecule has 0 saturated heterocycles. The fourth-order valence-electron chi connectivity index (χ4n) is 3.10. The lowest BCUT2D eigenvalue weighted by molar-refractivity contribution is -0.140. The molecule has 1 aliphatic heterocycles. The van der Waals surface area contributed by atoms with Crippen molar-refractivity contribution >= 4 is 35.9 Å². The number of halogens is 1. The average Bonchev–Trinajstić information content (AvgIpc) is 3.04. The van der Waals surface area contributed by atoms with Crippen LogP contribution in [0.3, 0.4) is 0 Å². The minimum absolute atomic E-state index is 0. The maximum absolute atomic E-state index is 11.2. The Kier molecular flexibility index (Phi) is 11.8. The Bertz CT molecular complexity index is 682. The van der Waals surface area contributed by atoms with Crippen LogP contribution in [-0.2, 0) is 22.5 Å². The number of carbonyl (C=O) groups is 1. The topological polar surface area (TPSA) is 81.2 Å². The molecule has 1 aromatic carbocycles. The summed E-state index contributed by atoms with van der Waals surface area (Å²) in [5.41, 5.74) is 2.21. The standard InChI is InChI=1S/C21H33N3O4.HI/c1-5-22-21(23-10-8-7-9-20(25)26-4)24-14-17-13-19-16(11-15(3)28-19)12-18(17)27-6-2;/h12-13,15H,5-11,14H2,1-4H3,(H2,22,23,24);1H. The van der Waals surface area contributed by atoms with Crippen LogP contribution < -0.4 is 20.1 Å². The van der Waals surface area contributed by atoms with Crippen molar-refractivity contribution in [3.8, 4) is 11.5 Å². The number of methoxy groups -OCH3 is 1. The van der Waals surface area contributed by atoms with Gasteiger partial charge in [0, 0.05) is 37.1 Å². The van der Waals surface area contributed by atoms with E-state index in [1.165, 1.54) is 12.7 Å². The molecule has 0 bridgehead atoms. The molecule has 0 saturated carbocycles. The molecule has 1 unspecified atom stereocenters. The van der Waals surface area contributed by atoms with Crippen LogP contribution in [0.2, 0.25) is 0 Å². The summed E-state index contributed by atoms with van der Waals surface area (Å²) in [6, 6.07) is 4.13. The quantitative estimate of drug-likeness (QED) is 0.162. The molecule has 2 rings (SSSR count). The van der Waals surface area contributed by atoms with Crippen LogP contribution in [0.15, 0.2) is 17.1 Å². The van der Waals surface area contributed by atoms with Gasteiger partial charge in [-0.1, -0.05) is 0 Å². The molecule has 0 aromatic heterocycles. The third-order valence-electron chi connectivity index (χ3n) is 4.46. The first-order chi connectivity index (χ1) is 13.6. The molecule has 1 atom stereocenters. The van der Waals surface area contributed by atoms with Gasteiger partial charge in [-0.15, -0.1) is 24.0 Å². The number of ether oxygens (including phenoxy) is 3. The third kappa shape index (κ3) is 8.28. The number of aliphatic imine (C=N–C) groups is 1. The molecule has 0 aliphatic carbocycles. The zero-order valence-electron chi connectivity index (χ0n) is 17.9. The Balaban J connectivity index is 0.00000420. The largest absolute Gasteiger partial charge is 0.494 e. The van der Waals surface area contributed by atoms with E-state index in [1.807, 2.05) is 19.9 Å². The van der Waals surface area contributed by atoms with Crippen molar-refractivity contribution in [1.29, 1.82) is 0 Å². The van der Waals surface area contributed by atoms with E-state index in [4.69, 9.17) is 9.47 Å². The van der Waals surface area contributed by atoms with Gasteiger partial charge in [0.15, 0.2) is 5.96 Å². The number of hydrogen-bond donors (Lipinski definition) is 2. The molecule has 0 amide bonds. The Morgan fingerprint density at radius 1 is 1.28 bits per heavy atom. The molecule has 8 heteroatoms. The summed E-state index contributed by atoms with van der Waals surface area (Å²) in [7, 11) is 1.41. The predicted octanol–water partition coefficient (Wildman–Crippen LogP) is 3.43. The molecule has 0 fully saturated rings. The second kappa shape index (κ2) is 13.5. The number of benzene rings is 1. The van der Waals surface area contributed by atoms with Gasteiger partial charge < -0.3 is 24.8 Å². The average molecular weight is 519 g/mol. The Hall–Kier alpha value is -1.71. The Morgan fingerprint density at radius 2 is 2.07 bits per heavy atom. The van der Waals surface area contributed by atoms with Crippen molar-refractivity contribution < 1.29 is 19.0 Å². The minimum Gasteiger partial charge on any atom is -0.494 e. The number of unbranched alkanes of at least 4 members (excludes halogenated alkanes) is 1. The lowest BCUT2D eigenvalue weighted by Gasteiger charge is -2.14. The zero-order valence-corrected chi connectivity index (χ0v) is 20.2. The first-order valence-electron chi connectivity index (χ1n) is 10.1. The molecular formula is C21H34IN3O4. The monoisotopic (exact) mass is 519 g/mol. The van der Waals surface area contributed by atoms with E-state index in [-0.39, 0.29) is 36.0 Å². The number of fused-ring (bicyclic) bond motifs is 1. The number of nitrogens with zero attached hydrogens (tertiary/aromatic N) is 1. The van der Waals surface area contributed by atoms with Crippen molar-refractivity contribution in [1.82, 2.24) is 10.6 Å². The summed E-state index contributed by atoms with van der Waals surface area (Å²) in [4.78, 5) is 15.8. The van der Waals surface area contributed by atoms with Crippen LogP contribution in [0.1, 0.15) is 51.2 Å². The summed E-state index contributed by atoms with van der Waals surface area (Å²) in [6.45, 7) is 8.72. The van der Waals surface area contributed by atoms with E-state index in [0.717, 1.165) is 55.4 Å². The number of nitrogens with one attached hydrogen (secondary N) is 2. The van der Waals surface area contributed by atoms with Gasteiger partial charge in [-0.25, -0.2) is 4.99 Å². The van der Waals surface area contributed by atoms with Crippen LogP contribution in [0.5, 0.6) is 11.5 Å². The summed E-state index contributed by atoms with van der Waals surface area (Å²) in [6.07, 6.45) is 3.21. The highest BCUT2D eigenvalue weighted by Gasteiger charge is 2.21. The molecule has 2 N–H and O–H groups in total. The molecule has 29 heavy (non-hydrogen) atoms. The highest BCUT2D eigenvalue weighted by Crippen LogP contribution is 2.35. The lowest BCUT2D eigenvalue weighted by atomic mass is 10.1. The molecule has 164 valence electrons. The van der Waals surface area contributed by atoms with Gasteiger partial charge in [0.1, 0.15) is 17.6 Å². The number of hydrogen-bond acceptors (Lipinski definition) is 5. The molecule has 1 aliphatic rings. The van der Waals surface area contributed by atoms with E-state index in [1.54, 1.807) is 0 Å². The van der Waals surface area contributed by atoms with Gasteiger partial charge in [0.2, 0.25) is 0 Å². The second-order valence-electron chi connectivity index (χ2n) is 6.79. The highest BCUT2D eigenvalue weighted by atomic mass is 127. The third-order valence-corrected chi connectivity index (χ3v) is 4.46. The Morgan fingerprint density at radius 3 is 2.76 bits per heavy atom. The van der Waals surface area contributed by atoms with Crippen molar-refractivity contribution in [3.63, 3.8) is 0 Å². The van der Waals surface area contributed by atoms with E-state index >= 15 is 0 Å². The highest BCUT2D eigenvalue weighted by molar-refractivity contribution is 14.0. The maximum Gasteiger partial charge on any atom is 0.305 e. The molecule has 0 radical (unpaired) electrons. The first-order valence-corrected chi connectivity index (χ1v) is 10.1. The summed E-state index contributed by atoms with van der Waals surface area (Å²) < 4.78 is 16.4. The predicted molar refractivity (Wildman–Crippen MR) is 126 cm³/mol. The fraction of sp³-hybridized carbons (Fsp3) is 0.619. The molecular weight excluding hydrogens is 485 g/mol. The van der Waals surface area contributed by atoms with Gasteiger partial charge in [-0.2, -0.15) is 0 Å². The minimum atomic E-state index is -0.169. The van der Waals surface area contributed by atoms with Crippen molar-refractivity contribution in [2.45, 2.75) is 59.1 Å². The Labute approximate surface area is 191 Å². The molecule has 1 aromatic rings. The normalized spacial score (nSPS) is 15.0. The summed E-state index contributed by atoms with van der Waals surface area (Å²) >= 11 is 0. The molecule has 1 heterocycles. The first kappa shape index (κ1) is 25.3. The molecule has 0 spiro atoms. The van der Waals surface area contributed by atoms with Crippen molar-refractivity contribution in [3.05, 3.63) is 23.3 Å². The van der Waals surface area contributed by atoms with Gasteiger partial charge in [-0.3, -0.25) is 4.79 Å².